The van der Waals surface area contributed by atoms with Crippen LogP contribution in [0.15, 0.2) is 30.3 Å². The maximum Gasteiger partial charge on any atom is 0.410 e. The number of nitrogens with zero attached hydrogens (tertiary/aromatic N) is 1. The molecule has 0 aromatic heterocycles. The highest BCUT2D eigenvalue weighted by Crippen LogP contribution is 2.65. The zero-order valence-corrected chi connectivity index (χ0v) is 13.1. The lowest BCUT2D eigenvalue weighted by Crippen LogP contribution is -2.46. The number of rotatable bonds is 3. The zero-order chi connectivity index (χ0) is 15.9. The number of esters is 1. The summed E-state index contributed by atoms with van der Waals surface area (Å²) in [7, 11) is 1.36. The number of amides is 1. The van der Waals surface area contributed by atoms with Crippen LogP contribution in [0.25, 0.3) is 0 Å². The van der Waals surface area contributed by atoms with E-state index in [1.807, 2.05) is 30.3 Å². The van der Waals surface area contributed by atoms with Crippen LogP contribution < -0.4 is 0 Å². The van der Waals surface area contributed by atoms with Crippen molar-refractivity contribution in [3.63, 3.8) is 0 Å². The molecule has 1 saturated heterocycles. The summed E-state index contributed by atoms with van der Waals surface area (Å²) in [4.78, 5) is 25.9. The monoisotopic (exact) mass is 303 g/mol. The number of hydrogen-bond acceptors (Lipinski definition) is 4. The molecular formula is C17H21NO4. The molecule has 0 bridgehead atoms. The quantitative estimate of drug-likeness (QED) is 0.805. The first-order valence-corrected chi connectivity index (χ1v) is 7.52. The average molecular weight is 303 g/mol. The fourth-order valence-corrected chi connectivity index (χ4v) is 3.67. The first-order valence-electron chi connectivity index (χ1n) is 7.52. The summed E-state index contributed by atoms with van der Waals surface area (Å²) in [5.41, 5.74) is 1.02. The van der Waals surface area contributed by atoms with Crippen LogP contribution in [0, 0.1) is 17.3 Å². The molecule has 1 aromatic rings. The third kappa shape index (κ3) is 2.34. The van der Waals surface area contributed by atoms with Crippen molar-refractivity contribution in [1.82, 2.24) is 4.90 Å². The number of methoxy groups -OCH3 is 1. The molecule has 0 N–H and O–H groups in total. The van der Waals surface area contributed by atoms with Gasteiger partial charge in [-0.05, 0) is 16.9 Å². The SMILES string of the molecule is COC(=O)[C@@H]1C2C(CN1C(=O)OCc1ccccc1)C2(C)C. The summed E-state index contributed by atoms with van der Waals surface area (Å²) in [5.74, 6) is 0.167. The molecule has 1 aliphatic heterocycles. The molecule has 2 unspecified atom stereocenters. The molecule has 1 aromatic carbocycles. The Morgan fingerprint density at radius 3 is 2.59 bits per heavy atom. The third-order valence-corrected chi connectivity index (χ3v) is 5.09. The van der Waals surface area contributed by atoms with Crippen LogP contribution in [-0.4, -0.2) is 36.7 Å². The van der Waals surface area contributed by atoms with Crippen LogP contribution in [0.2, 0.25) is 0 Å². The number of benzene rings is 1. The number of carbonyl (C=O) groups excluding carboxylic acids is 2. The first kappa shape index (κ1) is 14.9. The predicted octanol–water partition coefficient (Wildman–Crippen LogP) is 2.45. The minimum absolute atomic E-state index is 0.0923. The van der Waals surface area contributed by atoms with Crippen molar-refractivity contribution < 1.29 is 19.1 Å². The molecule has 0 spiro atoms. The van der Waals surface area contributed by atoms with Crippen LogP contribution in [-0.2, 0) is 20.9 Å². The molecule has 2 fully saturated rings. The Hall–Kier alpha value is -2.04. The van der Waals surface area contributed by atoms with Crippen molar-refractivity contribution in [3.8, 4) is 0 Å². The Labute approximate surface area is 130 Å². The van der Waals surface area contributed by atoms with E-state index in [1.54, 1.807) is 0 Å². The van der Waals surface area contributed by atoms with E-state index in [9.17, 15) is 9.59 Å². The second-order valence-corrected chi connectivity index (χ2v) is 6.61. The number of ether oxygens (including phenoxy) is 2. The summed E-state index contributed by atoms with van der Waals surface area (Å²) in [6.45, 7) is 5.03. The predicted molar refractivity (Wildman–Crippen MR) is 79.9 cm³/mol. The number of carbonyl (C=O) groups is 2. The first-order chi connectivity index (χ1) is 10.5. The van der Waals surface area contributed by atoms with Crippen molar-refractivity contribution in [1.29, 1.82) is 0 Å². The van der Waals surface area contributed by atoms with Crippen LogP contribution in [0.1, 0.15) is 19.4 Å². The van der Waals surface area contributed by atoms with Crippen LogP contribution in [0.5, 0.6) is 0 Å². The lowest BCUT2D eigenvalue weighted by molar-refractivity contribution is -0.146. The van der Waals surface area contributed by atoms with Gasteiger partial charge in [-0.15, -0.1) is 0 Å². The van der Waals surface area contributed by atoms with Gasteiger partial charge in [-0.1, -0.05) is 44.2 Å². The molecule has 5 heteroatoms. The average Bonchev–Trinajstić information content (AvgIpc) is 2.90. The Bertz CT molecular complexity index is 584. The van der Waals surface area contributed by atoms with Gasteiger partial charge in [0.2, 0.25) is 0 Å². The molecule has 3 rings (SSSR count). The fourth-order valence-electron chi connectivity index (χ4n) is 3.67. The Morgan fingerprint density at radius 1 is 1.27 bits per heavy atom. The Morgan fingerprint density at radius 2 is 1.95 bits per heavy atom. The van der Waals surface area contributed by atoms with E-state index in [-0.39, 0.29) is 23.9 Å². The molecule has 1 aliphatic carbocycles. The fraction of sp³-hybridized carbons (Fsp3) is 0.529. The molecule has 2 aliphatic rings. The molecule has 3 atom stereocenters. The van der Waals surface area contributed by atoms with Gasteiger partial charge in [0.1, 0.15) is 12.6 Å². The Balaban J connectivity index is 1.66. The van der Waals surface area contributed by atoms with Gasteiger partial charge in [-0.2, -0.15) is 0 Å². The highest BCUT2D eigenvalue weighted by Gasteiger charge is 2.70. The van der Waals surface area contributed by atoms with Gasteiger partial charge in [0.15, 0.2) is 0 Å². The number of fused-ring (bicyclic) bond motifs is 1. The molecule has 1 saturated carbocycles. The molecule has 118 valence electrons. The lowest BCUT2D eigenvalue weighted by Gasteiger charge is -2.28. The zero-order valence-electron chi connectivity index (χ0n) is 13.1. The van der Waals surface area contributed by atoms with Crippen molar-refractivity contribution in [2.24, 2.45) is 17.3 Å². The molecule has 0 radical (unpaired) electrons. The Kier molecular flexibility index (Phi) is 3.59. The van der Waals surface area contributed by atoms with Crippen molar-refractivity contribution >= 4 is 12.1 Å². The lowest BCUT2D eigenvalue weighted by atomic mass is 10.0. The smallest absolute Gasteiger partial charge is 0.410 e. The van der Waals surface area contributed by atoms with Gasteiger partial charge in [0.05, 0.1) is 7.11 Å². The van der Waals surface area contributed by atoms with Gasteiger partial charge in [-0.25, -0.2) is 9.59 Å². The van der Waals surface area contributed by atoms with Gasteiger partial charge in [0, 0.05) is 12.5 Å². The van der Waals surface area contributed by atoms with Crippen LogP contribution in [0.3, 0.4) is 0 Å². The van der Waals surface area contributed by atoms with E-state index in [1.165, 1.54) is 12.0 Å². The summed E-state index contributed by atoms with van der Waals surface area (Å²) in [6.07, 6.45) is -0.442. The third-order valence-electron chi connectivity index (χ3n) is 5.09. The van der Waals surface area contributed by atoms with Gasteiger partial charge in [-0.3, -0.25) is 4.90 Å². The largest absolute Gasteiger partial charge is 0.467 e. The van der Waals surface area contributed by atoms with E-state index < -0.39 is 12.1 Å². The van der Waals surface area contributed by atoms with Crippen LogP contribution in [0.4, 0.5) is 4.79 Å². The molecule has 1 heterocycles. The van der Waals surface area contributed by atoms with E-state index in [4.69, 9.17) is 9.47 Å². The molecule has 1 amide bonds. The van der Waals surface area contributed by atoms with Gasteiger partial charge < -0.3 is 9.47 Å². The molecular weight excluding hydrogens is 282 g/mol. The van der Waals surface area contributed by atoms with E-state index in [2.05, 4.69) is 13.8 Å². The second kappa shape index (κ2) is 5.30. The summed E-state index contributed by atoms with van der Waals surface area (Å²) in [6, 6.07) is 8.98. The van der Waals surface area contributed by atoms with Gasteiger partial charge >= 0.3 is 12.1 Å². The van der Waals surface area contributed by atoms with Crippen molar-refractivity contribution in [2.45, 2.75) is 26.5 Å². The summed E-state index contributed by atoms with van der Waals surface area (Å²) in [5, 5.41) is 0. The number of piperidine rings is 1. The van der Waals surface area contributed by atoms with E-state index in [0.717, 1.165) is 5.56 Å². The summed E-state index contributed by atoms with van der Waals surface area (Å²) >= 11 is 0. The highest BCUT2D eigenvalue weighted by atomic mass is 16.6. The van der Waals surface area contributed by atoms with Crippen molar-refractivity contribution in [2.75, 3.05) is 13.7 Å². The van der Waals surface area contributed by atoms with E-state index in [0.29, 0.717) is 12.5 Å². The minimum atomic E-state index is -0.520. The molecule has 22 heavy (non-hydrogen) atoms. The minimum Gasteiger partial charge on any atom is -0.467 e. The molecule has 5 nitrogen and oxygen atoms in total. The number of likely N-dealkylation sites (tertiary alicyclic amines) is 1. The maximum atomic E-state index is 12.3. The number of hydrogen-bond donors (Lipinski definition) is 0. The highest BCUT2D eigenvalue weighted by molar-refractivity contribution is 5.83. The normalized spacial score (nSPS) is 28.0. The van der Waals surface area contributed by atoms with Crippen LogP contribution >= 0.6 is 0 Å². The van der Waals surface area contributed by atoms with Crippen molar-refractivity contribution in [3.05, 3.63) is 35.9 Å². The standard InChI is InChI=1S/C17H21NO4/c1-17(2)12-9-18(14(13(12)17)15(19)21-3)16(20)22-10-11-7-5-4-6-8-11/h4-8,12-14H,9-10H2,1-3H3/t12?,13?,14-/m0/s1. The second-order valence-electron chi connectivity index (χ2n) is 6.61. The van der Waals surface area contributed by atoms with Gasteiger partial charge in [0.25, 0.3) is 0 Å². The summed E-state index contributed by atoms with van der Waals surface area (Å²) < 4.78 is 10.2. The van der Waals surface area contributed by atoms with E-state index >= 15 is 0 Å². The topological polar surface area (TPSA) is 55.8 Å². The maximum absolute atomic E-state index is 12.3.